The van der Waals surface area contributed by atoms with Crippen LogP contribution < -0.4 is 4.74 Å². The Bertz CT molecular complexity index is 611. The molecule has 1 aromatic carbocycles. The van der Waals surface area contributed by atoms with Crippen LogP contribution in [0, 0.1) is 13.8 Å². The van der Waals surface area contributed by atoms with Crippen molar-refractivity contribution in [1.82, 2.24) is 4.98 Å². The Morgan fingerprint density at radius 3 is 2.43 bits per heavy atom. The van der Waals surface area contributed by atoms with E-state index < -0.39 is 5.97 Å². The fourth-order valence-electron chi connectivity index (χ4n) is 1.93. The van der Waals surface area contributed by atoms with Gasteiger partial charge in [0.25, 0.3) is 0 Å². The van der Waals surface area contributed by atoms with Crippen molar-refractivity contribution in [3.05, 3.63) is 53.3 Å². The van der Waals surface area contributed by atoms with Gasteiger partial charge in [-0.3, -0.25) is 4.79 Å². The van der Waals surface area contributed by atoms with Crippen LogP contribution in [0.25, 0.3) is 0 Å². The monoisotopic (exact) mass is 287 g/mol. The number of ether oxygens (including phenoxy) is 2. The number of nitrogens with one attached hydrogen (secondary N) is 1. The number of carbonyl (C=O) groups is 2. The van der Waals surface area contributed by atoms with Gasteiger partial charge in [0.1, 0.15) is 5.75 Å². The molecule has 0 bridgehead atoms. The predicted molar refractivity (Wildman–Crippen MR) is 77.5 cm³/mol. The molecule has 0 atom stereocenters. The quantitative estimate of drug-likeness (QED) is 0.654. The van der Waals surface area contributed by atoms with E-state index in [0.29, 0.717) is 11.4 Å². The molecule has 0 amide bonds. The van der Waals surface area contributed by atoms with Crippen LogP contribution in [0.5, 0.6) is 5.75 Å². The van der Waals surface area contributed by atoms with Crippen molar-refractivity contribution in [2.45, 2.75) is 13.8 Å². The first-order chi connectivity index (χ1) is 10.0. The van der Waals surface area contributed by atoms with Gasteiger partial charge >= 0.3 is 5.97 Å². The number of ketones is 1. The molecule has 2 rings (SSSR count). The highest BCUT2D eigenvalue weighted by Gasteiger charge is 2.11. The number of benzene rings is 1. The summed E-state index contributed by atoms with van der Waals surface area (Å²) in [5.74, 6) is -0.242. The molecule has 110 valence electrons. The summed E-state index contributed by atoms with van der Waals surface area (Å²) in [6.45, 7) is 3.39. The number of carbonyl (C=O) groups excluding carboxylic acids is 2. The molecular formula is C16H17NO4. The molecule has 1 heterocycles. The lowest BCUT2D eigenvalue weighted by Crippen LogP contribution is -2.19. The van der Waals surface area contributed by atoms with E-state index in [2.05, 4.69) is 4.98 Å². The fraction of sp³-hybridized carbons (Fsp3) is 0.250. The van der Waals surface area contributed by atoms with E-state index in [1.54, 1.807) is 18.3 Å². The number of H-pyrrole nitrogens is 1. The third-order valence-corrected chi connectivity index (χ3v) is 2.81. The minimum atomic E-state index is -0.575. The second-order valence-corrected chi connectivity index (χ2v) is 4.78. The smallest absolute Gasteiger partial charge is 0.344 e. The highest BCUT2D eigenvalue weighted by atomic mass is 16.6. The molecule has 0 radical (unpaired) electrons. The van der Waals surface area contributed by atoms with Crippen LogP contribution in [0.4, 0.5) is 0 Å². The lowest BCUT2D eigenvalue weighted by atomic mass is 10.1. The van der Waals surface area contributed by atoms with E-state index in [4.69, 9.17) is 9.47 Å². The summed E-state index contributed by atoms with van der Waals surface area (Å²) in [6.07, 6.45) is 1.64. The van der Waals surface area contributed by atoms with Crippen molar-refractivity contribution in [2.75, 3.05) is 13.2 Å². The van der Waals surface area contributed by atoms with Crippen LogP contribution in [0.15, 0.2) is 36.5 Å². The van der Waals surface area contributed by atoms with Gasteiger partial charge in [0.15, 0.2) is 13.2 Å². The van der Waals surface area contributed by atoms with E-state index in [1.807, 2.05) is 32.0 Å². The lowest BCUT2D eigenvalue weighted by Gasteiger charge is -2.08. The third-order valence-electron chi connectivity index (χ3n) is 2.81. The van der Waals surface area contributed by atoms with Gasteiger partial charge in [-0.1, -0.05) is 6.07 Å². The molecule has 0 unspecified atom stereocenters. The van der Waals surface area contributed by atoms with Crippen molar-refractivity contribution >= 4 is 11.8 Å². The maximum absolute atomic E-state index is 11.6. The number of aryl methyl sites for hydroxylation is 2. The number of hydrogen-bond donors (Lipinski definition) is 1. The second-order valence-electron chi connectivity index (χ2n) is 4.78. The Morgan fingerprint density at radius 2 is 1.81 bits per heavy atom. The molecule has 0 aliphatic heterocycles. The van der Waals surface area contributed by atoms with Gasteiger partial charge in [0, 0.05) is 6.20 Å². The van der Waals surface area contributed by atoms with E-state index in [9.17, 15) is 9.59 Å². The van der Waals surface area contributed by atoms with Crippen molar-refractivity contribution in [2.24, 2.45) is 0 Å². The molecule has 1 N–H and O–H groups in total. The number of esters is 1. The minimum absolute atomic E-state index is 0.221. The summed E-state index contributed by atoms with van der Waals surface area (Å²) in [5, 5.41) is 0. The Morgan fingerprint density at radius 1 is 1.10 bits per heavy atom. The van der Waals surface area contributed by atoms with Gasteiger partial charge in [-0.2, -0.15) is 0 Å². The molecule has 1 aromatic heterocycles. The summed E-state index contributed by atoms with van der Waals surface area (Å²) in [4.78, 5) is 25.9. The molecule has 2 aromatic rings. The zero-order valence-electron chi connectivity index (χ0n) is 12.0. The number of rotatable bonds is 6. The first-order valence-corrected chi connectivity index (χ1v) is 6.58. The molecule has 0 aliphatic rings. The number of aromatic amines is 1. The molecule has 5 heteroatoms. The average Bonchev–Trinajstić information content (AvgIpc) is 2.95. The Kier molecular flexibility index (Phi) is 4.77. The highest BCUT2D eigenvalue weighted by Crippen LogP contribution is 2.16. The summed E-state index contributed by atoms with van der Waals surface area (Å²) < 4.78 is 10.2. The van der Waals surface area contributed by atoms with Crippen LogP contribution >= 0.6 is 0 Å². The molecule has 5 nitrogen and oxygen atoms in total. The van der Waals surface area contributed by atoms with Crippen molar-refractivity contribution in [1.29, 1.82) is 0 Å². The molecule has 0 saturated carbocycles. The average molecular weight is 287 g/mol. The SMILES string of the molecule is Cc1cc(C)cc(OCC(=O)OCC(=O)c2ccc[nH]2)c1. The van der Waals surface area contributed by atoms with E-state index >= 15 is 0 Å². The zero-order chi connectivity index (χ0) is 15.2. The summed E-state index contributed by atoms with van der Waals surface area (Å²) in [5.41, 5.74) is 2.53. The largest absolute Gasteiger partial charge is 0.482 e. The van der Waals surface area contributed by atoms with Gasteiger partial charge < -0.3 is 14.5 Å². The Labute approximate surface area is 122 Å². The number of aromatic nitrogens is 1. The maximum atomic E-state index is 11.6. The predicted octanol–water partition coefficient (Wildman–Crippen LogP) is 2.44. The standard InChI is InChI=1S/C16H17NO4/c1-11-6-12(2)8-13(7-11)20-10-16(19)21-9-15(18)14-4-3-5-17-14/h3-8,17H,9-10H2,1-2H3. The van der Waals surface area contributed by atoms with Crippen LogP contribution in [-0.4, -0.2) is 30.0 Å². The summed E-state index contributed by atoms with van der Waals surface area (Å²) in [6, 6.07) is 9.02. The maximum Gasteiger partial charge on any atom is 0.344 e. The van der Waals surface area contributed by atoms with E-state index in [1.165, 1.54) is 0 Å². The molecule has 0 spiro atoms. The van der Waals surface area contributed by atoms with Crippen molar-refractivity contribution < 1.29 is 19.1 Å². The van der Waals surface area contributed by atoms with Gasteiger partial charge in [-0.05, 0) is 49.2 Å². The first-order valence-electron chi connectivity index (χ1n) is 6.58. The van der Waals surface area contributed by atoms with Crippen molar-refractivity contribution in [3.63, 3.8) is 0 Å². The zero-order valence-corrected chi connectivity index (χ0v) is 12.0. The van der Waals surface area contributed by atoms with Crippen LogP contribution in [0.3, 0.4) is 0 Å². The second kappa shape index (κ2) is 6.74. The van der Waals surface area contributed by atoms with Crippen LogP contribution in [0.2, 0.25) is 0 Å². The highest BCUT2D eigenvalue weighted by molar-refractivity contribution is 5.96. The minimum Gasteiger partial charge on any atom is -0.482 e. The van der Waals surface area contributed by atoms with Crippen LogP contribution in [-0.2, 0) is 9.53 Å². The topological polar surface area (TPSA) is 68.4 Å². The molecule has 21 heavy (non-hydrogen) atoms. The van der Waals surface area contributed by atoms with Gasteiger partial charge in [0.2, 0.25) is 5.78 Å². The molecular weight excluding hydrogens is 270 g/mol. The van der Waals surface area contributed by atoms with Gasteiger partial charge in [0.05, 0.1) is 5.69 Å². The first kappa shape index (κ1) is 14.8. The third kappa shape index (κ3) is 4.49. The Hall–Kier alpha value is -2.56. The summed E-state index contributed by atoms with van der Waals surface area (Å²) in [7, 11) is 0. The van der Waals surface area contributed by atoms with Gasteiger partial charge in [-0.25, -0.2) is 4.79 Å². The van der Waals surface area contributed by atoms with E-state index in [0.717, 1.165) is 11.1 Å². The van der Waals surface area contributed by atoms with E-state index in [-0.39, 0.29) is 19.0 Å². The normalized spacial score (nSPS) is 10.2. The number of Topliss-reactive ketones (excluding diaryl/α,β-unsaturated/α-hetero) is 1. The number of hydrogen-bond acceptors (Lipinski definition) is 4. The Balaban J connectivity index is 1.78. The fourth-order valence-corrected chi connectivity index (χ4v) is 1.93. The van der Waals surface area contributed by atoms with Gasteiger partial charge in [-0.15, -0.1) is 0 Å². The van der Waals surface area contributed by atoms with Crippen LogP contribution in [0.1, 0.15) is 21.6 Å². The molecule has 0 saturated heterocycles. The summed E-state index contributed by atoms with van der Waals surface area (Å²) >= 11 is 0. The van der Waals surface area contributed by atoms with Crippen molar-refractivity contribution in [3.8, 4) is 5.75 Å². The molecule has 0 fully saturated rings. The lowest BCUT2D eigenvalue weighted by molar-refractivity contribution is -0.144. The molecule has 0 aliphatic carbocycles.